The van der Waals surface area contributed by atoms with E-state index in [1.54, 1.807) is 11.3 Å². The van der Waals surface area contributed by atoms with E-state index in [2.05, 4.69) is 5.32 Å². The number of carbonyl (C=O) groups excluding carboxylic acids is 2. The van der Waals surface area contributed by atoms with Gasteiger partial charge in [-0.15, -0.1) is 11.3 Å². The third kappa shape index (κ3) is 5.60. The number of Topliss-reactive ketones (excluding diaryl/α,β-unsaturated/α-hetero) is 1. The predicted octanol–water partition coefficient (Wildman–Crippen LogP) is 1.61. The van der Waals surface area contributed by atoms with Crippen molar-refractivity contribution in [2.75, 3.05) is 13.2 Å². The molecule has 0 saturated carbocycles. The normalized spacial score (nSPS) is 10.5. The van der Waals surface area contributed by atoms with Crippen molar-refractivity contribution in [1.29, 1.82) is 0 Å². The highest BCUT2D eigenvalue weighted by molar-refractivity contribution is 7.09. The molecule has 0 fully saturated rings. The van der Waals surface area contributed by atoms with E-state index in [1.165, 1.54) is 0 Å². The van der Waals surface area contributed by atoms with Crippen LogP contribution in [0.3, 0.4) is 0 Å². The van der Waals surface area contributed by atoms with Crippen molar-refractivity contribution in [2.45, 2.75) is 20.4 Å². The Morgan fingerprint density at radius 2 is 2.18 bits per heavy atom. The molecule has 94 valence electrons. The van der Waals surface area contributed by atoms with Gasteiger partial charge in [-0.25, -0.2) is 0 Å². The van der Waals surface area contributed by atoms with Crippen LogP contribution in [-0.2, 0) is 20.9 Å². The van der Waals surface area contributed by atoms with Crippen molar-refractivity contribution in [3.63, 3.8) is 0 Å². The van der Waals surface area contributed by atoms with Crippen molar-refractivity contribution < 1.29 is 14.3 Å². The first-order valence-corrected chi connectivity index (χ1v) is 6.37. The molecule has 1 aromatic heterocycles. The average Bonchev–Trinajstić information content (AvgIpc) is 2.78. The highest BCUT2D eigenvalue weighted by Gasteiger charge is 2.08. The number of carbonyl (C=O) groups is 2. The fourth-order valence-corrected chi connectivity index (χ4v) is 1.71. The van der Waals surface area contributed by atoms with Crippen LogP contribution in [0.15, 0.2) is 17.5 Å². The van der Waals surface area contributed by atoms with Crippen molar-refractivity contribution in [3.05, 3.63) is 22.4 Å². The van der Waals surface area contributed by atoms with Crippen molar-refractivity contribution in [3.8, 4) is 0 Å². The molecule has 0 atom stereocenters. The van der Waals surface area contributed by atoms with E-state index in [9.17, 15) is 9.59 Å². The first kappa shape index (κ1) is 13.9. The topological polar surface area (TPSA) is 55.4 Å². The SMILES string of the molecule is CC(C)C(=O)COCC(=O)NCc1cccs1. The summed E-state index contributed by atoms with van der Waals surface area (Å²) in [6.07, 6.45) is 0. The lowest BCUT2D eigenvalue weighted by atomic mass is 10.1. The predicted molar refractivity (Wildman–Crippen MR) is 66.8 cm³/mol. The molecule has 4 nitrogen and oxygen atoms in total. The highest BCUT2D eigenvalue weighted by Crippen LogP contribution is 2.07. The third-order valence-corrected chi connectivity index (χ3v) is 3.04. The fraction of sp³-hybridized carbons (Fsp3) is 0.500. The monoisotopic (exact) mass is 255 g/mol. The molecule has 0 aromatic carbocycles. The molecule has 0 aliphatic carbocycles. The van der Waals surface area contributed by atoms with Gasteiger partial charge in [-0.1, -0.05) is 19.9 Å². The zero-order chi connectivity index (χ0) is 12.7. The average molecular weight is 255 g/mol. The fourth-order valence-electron chi connectivity index (χ4n) is 1.06. The van der Waals surface area contributed by atoms with E-state index in [1.807, 2.05) is 31.4 Å². The van der Waals surface area contributed by atoms with Gasteiger partial charge in [0.25, 0.3) is 0 Å². The number of ether oxygens (including phenoxy) is 1. The van der Waals surface area contributed by atoms with Crippen molar-refractivity contribution in [1.82, 2.24) is 5.32 Å². The molecule has 0 saturated heterocycles. The van der Waals surface area contributed by atoms with Gasteiger partial charge >= 0.3 is 0 Å². The van der Waals surface area contributed by atoms with E-state index in [-0.39, 0.29) is 30.8 Å². The minimum atomic E-state index is -0.199. The van der Waals surface area contributed by atoms with Gasteiger partial charge in [-0.3, -0.25) is 9.59 Å². The van der Waals surface area contributed by atoms with Gasteiger partial charge in [0, 0.05) is 10.8 Å². The summed E-state index contributed by atoms with van der Waals surface area (Å²) in [6, 6.07) is 3.89. The van der Waals surface area contributed by atoms with Crippen LogP contribution < -0.4 is 5.32 Å². The second-order valence-electron chi connectivity index (χ2n) is 3.97. The summed E-state index contributed by atoms with van der Waals surface area (Å²) in [5.41, 5.74) is 0. The van der Waals surface area contributed by atoms with Gasteiger partial charge in [0.15, 0.2) is 5.78 Å². The zero-order valence-corrected chi connectivity index (χ0v) is 10.9. The van der Waals surface area contributed by atoms with Gasteiger partial charge in [-0.05, 0) is 11.4 Å². The Morgan fingerprint density at radius 3 is 2.76 bits per heavy atom. The Bertz CT molecular complexity index is 360. The molecule has 1 aromatic rings. The second-order valence-corrected chi connectivity index (χ2v) is 5.00. The Kier molecular flexibility index (Phi) is 5.86. The van der Waals surface area contributed by atoms with E-state index < -0.39 is 0 Å². The lowest BCUT2D eigenvalue weighted by Crippen LogP contribution is -2.28. The van der Waals surface area contributed by atoms with E-state index >= 15 is 0 Å². The quantitative estimate of drug-likeness (QED) is 0.805. The zero-order valence-electron chi connectivity index (χ0n) is 10.1. The second kappa shape index (κ2) is 7.19. The number of thiophene rings is 1. The Balaban J connectivity index is 2.11. The molecule has 0 spiro atoms. The molecular weight excluding hydrogens is 238 g/mol. The molecule has 17 heavy (non-hydrogen) atoms. The molecular formula is C12H17NO3S. The largest absolute Gasteiger partial charge is 0.364 e. The minimum Gasteiger partial charge on any atom is -0.364 e. The number of rotatable bonds is 7. The lowest BCUT2D eigenvalue weighted by Gasteiger charge is -2.06. The maximum Gasteiger partial charge on any atom is 0.246 e. The van der Waals surface area contributed by atoms with Gasteiger partial charge in [0.2, 0.25) is 5.91 Å². The van der Waals surface area contributed by atoms with Crippen molar-refractivity contribution in [2.24, 2.45) is 5.92 Å². The smallest absolute Gasteiger partial charge is 0.246 e. The van der Waals surface area contributed by atoms with Gasteiger partial charge in [0.05, 0.1) is 6.54 Å². The highest BCUT2D eigenvalue weighted by atomic mass is 32.1. The van der Waals surface area contributed by atoms with E-state index in [4.69, 9.17) is 4.74 Å². The first-order valence-electron chi connectivity index (χ1n) is 5.49. The van der Waals surface area contributed by atoms with Crippen molar-refractivity contribution >= 4 is 23.0 Å². The summed E-state index contributed by atoms with van der Waals surface area (Å²) in [5.74, 6) is -0.241. The van der Waals surface area contributed by atoms with Gasteiger partial charge in [-0.2, -0.15) is 0 Å². The summed E-state index contributed by atoms with van der Waals surface area (Å²) in [7, 11) is 0. The van der Waals surface area contributed by atoms with Crippen LogP contribution in [0.25, 0.3) is 0 Å². The Labute approximate surface area is 105 Å². The van der Waals surface area contributed by atoms with Crippen LogP contribution in [0, 0.1) is 5.92 Å². The summed E-state index contributed by atoms with van der Waals surface area (Å²) in [6.45, 7) is 4.07. The molecule has 1 N–H and O–H groups in total. The first-order chi connectivity index (χ1) is 8.09. The van der Waals surface area contributed by atoms with Crippen LogP contribution in [0.4, 0.5) is 0 Å². The minimum absolute atomic E-state index is 0.00406. The Morgan fingerprint density at radius 1 is 1.41 bits per heavy atom. The van der Waals surface area contributed by atoms with E-state index in [0.29, 0.717) is 6.54 Å². The summed E-state index contributed by atoms with van der Waals surface area (Å²) >= 11 is 1.59. The maximum absolute atomic E-state index is 11.3. The molecule has 0 aliphatic heterocycles. The van der Waals surface area contributed by atoms with Crippen LogP contribution in [-0.4, -0.2) is 24.9 Å². The molecule has 0 bridgehead atoms. The summed E-state index contributed by atoms with van der Waals surface area (Å²) in [4.78, 5) is 23.7. The standard InChI is InChI=1S/C12H17NO3S/c1-9(2)11(14)7-16-8-12(15)13-6-10-4-3-5-17-10/h3-5,9H,6-8H2,1-2H3,(H,13,15). The maximum atomic E-state index is 11.3. The summed E-state index contributed by atoms with van der Waals surface area (Å²) in [5, 5.41) is 4.68. The lowest BCUT2D eigenvalue weighted by molar-refractivity contribution is -0.131. The number of amides is 1. The molecule has 0 unspecified atom stereocenters. The van der Waals surface area contributed by atoms with Crippen LogP contribution >= 0.6 is 11.3 Å². The molecule has 5 heteroatoms. The molecule has 1 heterocycles. The number of hydrogen-bond donors (Lipinski definition) is 1. The van der Waals surface area contributed by atoms with Crippen LogP contribution in [0.2, 0.25) is 0 Å². The molecule has 1 amide bonds. The summed E-state index contributed by atoms with van der Waals surface area (Å²) < 4.78 is 5.03. The number of hydrogen-bond acceptors (Lipinski definition) is 4. The van der Waals surface area contributed by atoms with Gasteiger partial charge < -0.3 is 10.1 Å². The van der Waals surface area contributed by atoms with Crippen LogP contribution in [0.1, 0.15) is 18.7 Å². The van der Waals surface area contributed by atoms with E-state index in [0.717, 1.165) is 4.88 Å². The van der Waals surface area contributed by atoms with Gasteiger partial charge in [0.1, 0.15) is 13.2 Å². The molecule has 0 aliphatic rings. The third-order valence-electron chi connectivity index (χ3n) is 2.16. The molecule has 1 rings (SSSR count). The Hall–Kier alpha value is -1.20. The molecule has 0 radical (unpaired) electrons. The van der Waals surface area contributed by atoms with Crippen LogP contribution in [0.5, 0.6) is 0 Å². The number of ketones is 1. The number of nitrogens with one attached hydrogen (secondary N) is 1.